The highest BCUT2D eigenvalue weighted by atomic mass is 35.5. The molecule has 0 saturated carbocycles. The van der Waals surface area contributed by atoms with Gasteiger partial charge in [0.1, 0.15) is 14.3 Å². The van der Waals surface area contributed by atoms with Crippen LogP contribution in [-0.2, 0) is 0 Å². The molecule has 4 rings (SSSR count). The van der Waals surface area contributed by atoms with Gasteiger partial charge in [0.15, 0.2) is 11.5 Å². The van der Waals surface area contributed by atoms with E-state index in [2.05, 4.69) is 5.32 Å². The van der Waals surface area contributed by atoms with Crippen molar-refractivity contribution in [3.05, 3.63) is 53.7 Å². The normalized spacial score (nSPS) is 26.9. The second-order valence-electron chi connectivity index (χ2n) is 5.79. The Kier molecular flexibility index (Phi) is 3.68. The number of piperidine rings is 1. The number of rotatable bonds is 4. The van der Waals surface area contributed by atoms with Crippen LogP contribution < -0.4 is 19.5 Å². The summed E-state index contributed by atoms with van der Waals surface area (Å²) in [6.45, 7) is -0.841. The Morgan fingerprint density at radius 3 is 2.88 bits per heavy atom. The Hall–Kier alpha value is -1.98. The SMILES string of the molecule is Cl.[2H]c1c([2H])c([C@@H]2CCNC[C@H]2COc2ccc3c(c2)OC([2H])([2H])O3)c([2H])c([2H])c1F. The molecular formula is C19H21ClFNO3. The topological polar surface area (TPSA) is 39.7 Å². The molecule has 0 radical (unpaired) electrons. The highest BCUT2D eigenvalue weighted by Gasteiger charge is 2.27. The first-order valence-electron chi connectivity index (χ1n) is 10.8. The summed E-state index contributed by atoms with van der Waals surface area (Å²) in [5.41, 5.74) is 0.209. The first kappa shape index (κ1) is 11.6. The summed E-state index contributed by atoms with van der Waals surface area (Å²) in [4.78, 5) is 0. The average Bonchev–Trinajstić information content (AvgIpc) is 3.03. The number of hydrogen-bond acceptors (Lipinski definition) is 4. The molecule has 1 N–H and O–H groups in total. The van der Waals surface area contributed by atoms with Crippen LogP contribution in [0.15, 0.2) is 42.4 Å². The maximum Gasteiger partial charge on any atom is 0.231 e. The number of nitrogens with one attached hydrogen (secondary N) is 1. The van der Waals surface area contributed by atoms with Crippen molar-refractivity contribution in [1.29, 1.82) is 0 Å². The summed E-state index contributed by atoms with van der Waals surface area (Å²) in [5.74, 6) is -0.696. The van der Waals surface area contributed by atoms with Gasteiger partial charge in [-0.15, -0.1) is 12.4 Å². The minimum absolute atomic E-state index is 0. The number of benzene rings is 2. The molecule has 0 aliphatic carbocycles. The molecular weight excluding hydrogens is 345 g/mol. The fraction of sp³-hybridized carbons (Fsp3) is 0.368. The van der Waals surface area contributed by atoms with Gasteiger partial charge in [-0.3, -0.25) is 0 Å². The van der Waals surface area contributed by atoms with E-state index in [0.717, 1.165) is 0 Å². The minimum Gasteiger partial charge on any atom is -0.493 e. The van der Waals surface area contributed by atoms with Crippen LogP contribution in [0.4, 0.5) is 4.39 Å². The van der Waals surface area contributed by atoms with Crippen LogP contribution in [-0.4, -0.2) is 26.4 Å². The van der Waals surface area contributed by atoms with E-state index in [1.54, 1.807) is 12.1 Å². The molecule has 2 aromatic carbocycles. The van der Waals surface area contributed by atoms with Gasteiger partial charge in [0.2, 0.25) is 6.75 Å². The van der Waals surface area contributed by atoms with Crippen molar-refractivity contribution in [1.82, 2.24) is 5.32 Å². The smallest absolute Gasteiger partial charge is 0.231 e. The monoisotopic (exact) mass is 371 g/mol. The van der Waals surface area contributed by atoms with Gasteiger partial charge in [0.25, 0.3) is 0 Å². The molecule has 1 fully saturated rings. The summed E-state index contributed by atoms with van der Waals surface area (Å²) in [7, 11) is 0. The second kappa shape index (κ2) is 7.93. The lowest BCUT2D eigenvalue weighted by Gasteiger charge is -2.32. The van der Waals surface area contributed by atoms with Gasteiger partial charge in [-0.05, 0) is 48.7 Å². The van der Waals surface area contributed by atoms with Crippen molar-refractivity contribution >= 4 is 12.4 Å². The third-order valence-corrected chi connectivity index (χ3v) is 4.27. The van der Waals surface area contributed by atoms with Gasteiger partial charge < -0.3 is 19.5 Å². The average molecular weight is 372 g/mol. The molecule has 4 nitrogen and oxygen atoms in total. The Bertz CT molecular complexity index is 967. The van der Waals surface area contributed by atoms with Crippen molar-refractivity contribution < 1.29 is 26.8 Å². The van der Waals surface area contributed by atoms with E-state index in [4.69, 9.17) is 22.4 Å². The first-order chi connectivity index (χ1) is 14.2. The molecule has 0 spiro atoms. The number of fused-ring (bicyclic) bond motifs is 1. The number of hydrogen-bond donors (Lipinski definition) is 1. The Morgan fingerprint density at radius 2 is 2.04 bits per heavy atom. The molecule has 0 amide bonds. The highest BCUT2D eigenvalue weighted by Crippen LogP contribution is 2.36. The zero-order valence-corrected chi connectivity index (χ0v) is 14.0. The largest absolute Gasteiger partial charge is 0.493 e. The Labute approximate surface area is 161 Å². The standard InChI is InChI=1S/C19H20FNO3.ClH/c20-15-3-1-13(2-4-15)17-7-8-21-10-14(17)11-22-16-5-6-18-19(9-16)24-12-23-18;/h1-6,9,14,17,21H,7-8,10-12H2;1H/t14-,17-;/m0./s1/i1D,2D,3D,4D,12D2;. The summed E-state index contributed by atoms with van der Waals surface area (Å²) < 4.78 is 76.8. The predicted molar refractivity (Wildman–Crippen MR) is 95.4 cm³/mol. The van der Waals surface area contributed by atoms with Crippen molar-refractivity contribution in [3.63, 3.8) is 0 Å². The lowest BCUT2D eigenvalue weighted by Crippen LogP contribution is -2.38. The van der Waals surface area contributed by atoms with Crippen molar-refractivity contribution in [2.24, 2.45) is 5.92 Å². The van der Waals surface area contributed by atoms with E-state index >= 15 is 0 Å². The van der Waals surface area contributed by atoms with Crippen LogP contribution in [0.1, 0.15) is 26.1 Å². The molecule has 134 valence electrons. The lowest BCUT2D eigenvalue weighted by atomic mass is 9.81. The molecule has 0 bridgehead atoms. The van der Waals surface area contributed by atoms with Gasteiger partial charge in [-0.25, -0.2) is 4.39 Å². The van der Waals surface area contributed by atoms with Gasteiger partial charge in [-0.2, -0.15) is 0 Å². The van der Waals surface area contributed by atoms with Crippen LogP contribution in [0, 0.1) is 11.7 Å². The molecule has 2 aromatic rings. The van der Waals surface area contributed by atoms with E-state index in [-0.39, 0.29) is 60.0 Å². The molecule has 2 heterocycles. The molecule has 25 heavy (non-hydrogen) atoms. The zero-order valence-electron chi connectivity index (χ0n) is 19.2. The van der Waals surface area contributed by atoms with E-state index < -0.39 is 24.6 Å². The summed E-state index contributed by atoms with van der Waals surface area (Å²) in [6.07, 6.45) is 0.567. The van der Waals surface area contributed by atoms with Gasteiger partial charge >= 0.3 is 0 Å². The molecule has 2 atom stereocenters. The fourth-order valence-corrected chi connectivity index (χ4v) is 3.03. The molecule has 2 aliphatic heterocycles. The second-order valence-corrected chi connectivity index (χ2v) is 5.79. The summed E-state index contributed by atoms with van der Waals surface area (Å²) >= 11 is 0. The van der Waals surface area contributed by atoms with Crippen LogP contribution in [0.2, 0.25) is 0 Å². The van der Waals surface area contributed by atoms with E-state index in [0.29, 0.717) is 25.3 Å². The molecule has 0 aromatic heterocycles. The van der Waals surface area contributed by atoms with E-state index in [1.807, 2.05) is 0 Å². The Balaban J connectivity index is 0.00000272. The third kappa shape index (κ3) is 3.99. The number of halogens is 2. The number of ether oxygens (including phenoxy) is 3. The maximum atomic E-state index is 13.9. The van der Waals surface area contributed by atoms with Gasteiger partial charge in [0.05, 0.1) is 12.1 Å². The van der Waals surface area contributed by atoms with Gasteiger partial charge in [0, 0.05) is 18.5 Å². The van der Waals surface area contributed by atoms with Crippen LogP contribution in [0.3, 0.4) is 0 Å². The predicted octanol–water partition coefficient (Wildman–Crippen LogP) is 3.75. The maximum absolute atomic E-state index is 13.9. The molecule has 0 unspecified atom stereocenters. The van der Waals surface area contributed by atoms with Crippen LogP contribution in [0.5, 0.6) is 17.2 Å². The Morgan fingerprint density at radius 1 is 1.24 bits per heavy atom. The zero-order chi connectivity index (χ0) is 21.6. The third-order valence-electron chi connectivity index (χ3n) is 4.27. The van der Waals surface area contributed by atoms with E-state index in [9.17, 15) is 4.39 Å². The summed E-state index contributed by atoms with van der Waals surface area (Å²) in [5, 5.41) is 3.24. The quantitative estimate of drug-likeness (QED) is 0.888. The lowest BCUT2D eigenvalue weighted by molar-refractivity contribution is 0.173. The molecule has 6 heteroatoms. The van der Waals surface area contributed by atoms with Crippen LogP contribution in [0.25, 0.3) is 0 Å². The van der Waals surface area contributed by atoms with Gasteiger partial charge in [-0.1, -0.05) is 12.1 Å². The van der Waals surface area contributed by atoms with Crippen molar-refractivity contribution in [2.45, 2.75) is 12.3 Å². The van der Waals surface area contributed by atoms with Crippen LogP contribution >= 0.6 is 12.4 Å². The van der Waals surface area contributed by atoms with Crippen molar-refractivity contribution in [3.8, 4) is 17.2 Å². The fourth-order valence-electron chi connectivity index (χ4n) is 3.03. The molecule has 2 aliphatic rings. The summed E-state index contributed by atoms with van der Waals surface area (Å²) in [6, 6.07) is 2.69. The molecule has 1 saturated heterocycles. The minimum atomic E-state index is -2.22. The highest BCUT2D eigenvalue weighted by molar-refractivity contribution is 5.85. The van der Waals surface area contributed by atoms with E-state index in [1.165, 1.54) is 6.07 Å². The first-order valence-corrected chi connectivity index (χ1v) is 7.79. The van der Waals surface area contributed by atoms with Crippen molar-refractivity contribution in [2.75, 3.05) is 26.4 Å².